The number of nitrogens with one attached hydrogen (secondary N) is 3. The third-order valence-corrected chi connectivity index (χ3v) is 7.38. The summed E-state index contributed by atoms with van der Waals surface area (Å²) in [5.41, 5.74) is 1.67. The topological polar surface area (TPSA) is 124 Å². The first-order valence-corrected chi connectivity index (χ1v) is 13.3. The van der Waals surface area contributed by atoms with E-state index in [-0.39, 0.29) is 17.9 Å². The molecule has 2 aliphatic heterocycles. The summed E-state index contributed by atoms with van der Waals surface area (Å²) >= 11 is 1.43. The van der Waals surface area contributed by atoms with Gasteiger partial charge in [-0.25, -0.2) is 0 Å². The molecule has 2 fully saturated rings. The van der Waals surface area contributed by atoms with Crippen molar-refractivity contribution in [3.8, 4) is 0 Å². The van der Waals surface area contributed by atoms with E-state index in [1.165, 1.54) is 11.8 Å². The number of hydrogen-bond acceptors (Lipinski definition) is 10. The van der Waals surface area contributed by atoms with Crippen molar-refractivity contribution in [2.75, 3.05) is 48.8 Å². The highest BCUT2D eigenvalue weighted by atomic mass is 32.2. The zero-order valence-electron chi connectivity index (χ0n) is 20.6. The number of anilines is 4. The second-order valence-corrected chi connectivity index (χ2v) is 10.5. The van der Waals surface area contributed by atoms with Crippen molar-refractivity contribution in [1.82, 2.24) is 30.0 Å². The zero-order chi connectivity index (χ0) is 25.2. The molecular weight excluding hydrogens is 490 g/mol. The van der Waals surface area contributed by atoms with E-state index in [9.17, 15) is 4.79 Å². The van der Waals surface area contributed by atoms with Crippen molar-refractivity contribution in [2.45, 2.75) is 35.4 Å². The van der Waals surface area contributed by atoms with Gasteiger partial charge in [0, 0.05) is 55.2 Å². The normalized spacial score (nSPS) is 19.6. The molecule has 1 atom stereocenters. The van der Waals surface area contributed by atoms with Crippen LogP contribution in [0, 0.1) is 5.92 Å². The summed E-state index contributed by atoms with van der Waals surface area (Å²) in [5.74, 6) is 1.90. The molecule has 4 heterocycles. The quantitative estimate of drug-likeness (QED) is 0.407. The summed E-state index contributed by atoms with van der Waals surface area (Å²) in [7, 11) is 2.12. The maximum atomic E-state index is 12.2. The number of aromatic amines is 1. The molecule has 12 heteroatoms. The monoisotopic (exact) mass is 519 g/mol. The zero-order valence-corrected chi connectivity index (χ0v) is 21.4. The highest BCUT2D eigenvalue weighted by molar-refractivity contribution is 7.99. The molecule has 1 saturated carbocycles. The van der Waals surface area contributed by atoms with Gasteiger partial charge >= 0.3 is 0 Å². The number of benzene rings is 1. The molecule has 1 saturated heterocycles. The lowest BCUT2D eigenvalue weighted by molar-refractivity contribution is -0.117. The summed E-state index contributed by atoms with van der Waals surface area (Å²) in [6.07, 6.45) is 6.39. The summed E-state index contributed by atoms with van der Waals surface area (Å²) in [6.45, 7) is 3.56. The van der Waals surface area contributed by atoms with E-state index in [4.69, 9.17) is 14.7 Å². The number of piperazine rings is 1. The Morgan fingerprint density at radius 2 is 2.00 bits per heavy atom. The third-order valence-electron chi connectivity index (χ3n) is 6.52. The van der Waals surface area contributed by atoms with Gasteiger partial charge in [0.2, 0.25) is 17.8 Å². The van der Waals surface area contributed by atoms with Gasteiger partial charge in [0.05, 0.1) is 12.0 Å². The molecule has 1 unspecified atom stereocenters. The van der Waals surface area contributed by atoms with Crippen LogP contribution < -0.4 is 15.5 Å². The van der Waals surface area contributed by atoms with Crippen LogP contribution in [0.25, 0.3) is 0 Å². The molecule has 11 nitrogen and oxygen atoms in total. The minimum Gasteiger partial charge on any atom is -0.492 e. The van der Waals surface area contributed by atoms with Crippen LogP contribution in [0.1, 0.15) is 31.1 Å². The third kappa shape index (κ3) is 5.86. The van der Waals surface area contributed by atoms with Crippen LogP contribution in [-0.2, 0) is 9.53 Å². The van der Waals surface area contributed by atoms with Gasteiger partial charge in [-0.1, -0.05) is 6.07 Å². The average molecular weight is 520 g/mol. The summed E-state index contributed by atoms with van der Waals surface area (Å²) in [5, 5.41) is 14.2. The van der Waals surface area contributed by atoms with E-state index in [0.29, 0.717) is 22.9 Å². The van der Waals surface area contributed by atoms with E-state index >= 15 is 0 Å². The Kier molecular flexibility index (Phi) is 6.66. The van der Waals surface area contributed by atoms with Crippen LogP contribution >= 0.6 is 11.8 Å². The van der Waals surface area contributed by atoms with Crippen LogP contribution in [-0.4, -0.2) is 69.2 Å². The Hall–Kier alpha value is -3.64. The highest BCUT2D eigenvalue weighted by Crippen LogP contribution is 2.33. The van der Waals surface area contributed by atoms with Crippen LogP contribution in [0.3, 0.4) is 0 Å². The first-order chi connectivity index (χ1) is 18.1. The van der Waals surface area contributed by atoms with E-state index in [0.717, 1.165) is 61.7 Å². The number of carbonyl (C=O) groups is 1. The number of amides is 1. The molecule has 0 spiro atoms. The highest BCUT2D eigenvalue weighted by Gasteiger charge is 2.29. The summed E-state index contributed by atoms with van der Waals surface area (Å²) in [4.78, 5) is 31.8. The van der Waals surface area contributed by atoms with Gasteiger partial charge in [-0.2, -0.15) is 20.1 Å². The molecule has 37 heavy (non-hydrogen) atoms. The largest absolute Gasteiger partial charge is 0.492 e. The van der Waals surface area contributed by atoms with Crippen molar-refractivity contribution >= 4 is 41.1 Å². The predicted octanol–water partition coefficient (Wildman–Crippen LogP) is 3.56. The first-order valence-electron chi connectivity index (χ1n) is 12.5. The Balaban J connectivity index is 1.23. The molecule has 3 aliphatic rings. The Labute approximate surface area is 219 Å². The Bertz CT molecular complexity index is 1290. The molecule has 1 aromatic carbocycles. The van der Waals surface area contributed by atoms with Crippen molar-refractivity contribution in [1.29, 1.82) is 0 Å². The maximum absolute atomic E-state index is 12.2. The molecule has 3 N–H and O–H groups in total. The molecule has 0 radical (unpaired) electrons. The number of aromatic nitrogens is 5. The summed E-state index contributed by atoms with van der Waals surface area (Å²) in [6, 6.07) is 9.68. The Morgan fingerprint density at radius 1 is 1.14 bits per heavy atom. The van der Waals surface area contributed by atoms with Gasteiger partial charge in [-0.05, 0) is 55.9 Å². The first kappa shape index (κ1) is 23.7. The van der Waals surface area contributed by atoms with Gasteiger partial charge in [0.25, 0.3) is 0 Å². The molecule has 0 bridgehead atoms. The van der Waals surface area contributed by atoms with Gasteiger partial charge in [-0.15, -0.1) is 0 Å². The fraction of sp³-hybridized carbons (Fsp3) is 0.400. The lowest BCUT2D eigenvalue weighted by Crippen LogP contribution is -2.45. The van der Waals surface area contributed by atoms with E-state index in [1.807, 2.05) is 36.4 Å². The minimum atomic E-state index is -0.0545. The van der Waals surface area contributed by atoms with E-state index < -0.39 is 0 Å². The van der Waals surface area contributed by atoms with Crippen LogP contribution in [0.5, 0.6) is 0 Å². The molecule has 2 aromatic heterocycles. The second-order valence-electron chi connectivity index (χ2n) is 9.49. The van der Waals surface area contributed by atoms with Gasteiger partial charge in [0.1, 0.15) is 6.10 Å². The maximum Gasteiger partial charge on any atom is 0.234 e. The molecule has 192 valence electrons. The van der Waals surface area contributed by atoms with Crippen molar-refractivity contribution in [3.05, 3.63) is 48.4 Å². The molecule has 6 rings (SSSR count). The van der Waals surface area contributed by atoms with Crippen LogP contribution in [0.4, 0.5) is 23.4 Å². The van der Waals surface area contributed by atoms with Crippen molar-refractivity contribution in [3.63, 3.8) is 0 Å². The molecule has 3 aromatic rings. The fourth-order valence-corrected chi connectivity index (χ4v) is 5.00. The fourth-order valence-electron chi connectivity index (χ4n) is 4.19. The van der Waals surface area contributed by atoms with E-state index in [2.05, 4.69) is 42.7 Å². The molecule has 1 amide bonds. The average Bonchev–Trinajstić information content (AvgIpc) is 3.40. The van der Waals surface area contributed by atoms with Crippen LogP contribution in [0.15, 0.2) is 52.7 Å². The number of likely N-dealkylation sites (N-methyl/N-ethyl adjacent to an activating group) is 1. The molecule has 1 aliphatic carbocycles. The van der Waals surface area contributed by atoms with Gasteiger partial charge < -0.3 is 25.2 Å². The second kappa shape index (κ2) is 10.4. The van der Waals surface area contributed by atoms with Crippen molar-refractivity contribution < 1.29 is 9.53 Å². The lowest BCUT2D eigenvalue weighted by Gasteiger charge is -2.32. The van der Waals surface area contributed by atoms with Crippen molar-refractivity contribution in [2.24, 2.45) is 5.92 Å². The van der Waals surface area contributed by atoms with E-state index in [1.54, 1.807) is 6.26 Å². The van der Waals surface area contributed by atoms with Gasteiger partial charge in [-0.3, -0.25) is 9.89 Å². The Morgan fingerprint density at radius 3 is 2.78 bits per heavy atom. The minimum absolute atomic E-state index is 0.0545. The number of H-pyrrole nitrogens is 1. The van der Waals surface area contributed by atoms with Gasteiger partial charge in [0.15, 0.2) is 11.0 Å². The number of rotatable bonds is 8. The lowest BCUT2D eigenvalue weighted by atomic mass is 10.2. The number of nitrogens with zero attached hydrogens (tertiary/aromatic N) is 6. The number of ether oxygens (including phenoxy) is 1. The number of hydrogen-bond donors (Lipinski definition) is 3. The SMILES string of the molecule is CN1CCN(c2nc(Nc3cc(C4CC=CO4)[nH]n3)nc(Sc3cccc(NC(=O)C4CC4)c3)n2)CC1. The summed E-state index contributed by atoms with van der Waals surface area (Å²) < 4.78 is 5.58. The predicted molar refractivity (Wildman–Crippen MR) is 141 cm³/mol. The molecular formula is C25H29N9O2S. The smallest absolute Gasteiger partial charge is 0.234 e. The number of carbonyl (C=O) groups excluding carboxylic acids is 1. The van der Waals surface area contributed by atoms with Crippen LogP contribution in [0.2, 0.25) is 0 Å². The standard InChI is InChI=1S/C25H29N9O2S/c1-33-9-11-34(12-10-33)24-28-23(27-21-15-19(31-32-21)20-6-3-13-36-20)29-25(30-24)37-18-5-2-4-17(14-18)26-22(35)16-7-8-16/h2-5,13-16,20H,6-12H2,1H3,(H,26,35)(H2,27,28,29,30,31,32).